The third-order valence-electron chi connectivity index (χ3n) is 5.69. The van der Waals surface area contributed by atoms with E-state index in [0.717, 1.165) is 6.20 Å². The Kier molecular flexibility index (Phi) is 9.29. The molecule has 0 aliphatic rings. The van der Waals surface area contributed by atoms with Crippen LogP contribution in [-0.4, -0.2) is 72.3 Å². The molecule has 0 unspecified atom stereocenters. The van der Waals surface area contributed by atoms with Crippen molar-refractivity contribution in [3.8, 4) is 34.7 Å². The van der Waals surface area contributed by atoms with Crippen LogP contribution in [0, 0.1) is 5.92 Å². The van der Waals surface area contributed by atoms with Gasteiger partial charge in [-0.3, -0.25) is 9.29 Å². The highest BCUT2D eigenvalue weighted by Crippen LogP contribution is 2.36. The largest absolute Gasteiger partial charge is 0.494 e. The van der Waals surface area contributed by atoms with Gasteiger partial charge in [-0.2, -0.15) is 0 Å². The summed E-state index contributed by atoms with van der Waals surface area (Å²) >= 11 is 0. The van der Waals surface area contributed by atoms with Crippen molar-refractivity contribution in [1.29, 1.82) is 0 Å². The van der Waals surface area contributed by atoms with Gasteiger partial charge in [-0.15, -0.1) is 10.2 Å². The molecule has 0 fully saturated rings. The first-order valence-electron chi connectivity index (χ1n) is 11.5. The summed E-state index contributed by atoms with van der Waals surface area (Å²) in [5, 5.41) is 7.21. The van der Waals surface area contributed by atoms with Crippen LogP contribution in [-0.2, 0) is 10.0 Å². The lowest BCUT2D eigenvalue weighted by atomic mass is 10.1. The minimum Gasteiger partial charge on any atom is -0.494 e. The summed E-state index contributed by atoms with van der Waals surface area (Å²) in [4.78, 5) is 16.3. The Labute approximate surface area is 225 Å². The fraction of sp³-hybridized carbons (Fsp3) is 0.333. The zero-order chi connectivity index (χ0) is 28.7. The van der Waals surface area contributed by atoms with E-state index in [-0.39, 0.29) is 29.2 Å². The first-order valence-corrected chi connectivity index (χ1v) is 13.0. The van der Waals surface area contributed by atoms with Gasteiger partial charge in [0, 0.05) is 24.2 Å². The topological polar surface area (TPSA) is 155 Å². The average molecular weight is 561 g/mol. The maximum Gasteiger partial charge on any atom is 0.243 e. The van der Waals surface area contributed by atoms with Gasteiger partial charge in [-0.25, -0.2) is 32.8 Å². The van der Waals surface area contributed by atoms with Gasteiger partial charge in [0.15, 0.2) is 11.5 Å². The smallest absolute Gasteiger partial charge is 0.243 e. The minimum atomic E-state index is -4.16. The Morgan fingerprint density at radius 3 is 2.51 bits per heavy atom. The number of anilines is 1. The zero-order valence-corrected chi connectivity index (χ0v) is 23.1. The zero-order valence-electron chi connectivity index (χ0n) is 22.3. The van der Waals surface area contributed by atoms with Gasteiger partial charge >= 0.3 is 0 Å². The third-order valence-corrected chi connectivity index (χ3v) is 7.54. The van der Waals surface area contributed by atoms with E-state index in [2.05, 4.69) is 41.6 Å². The molecule has 3 aromatic heterocycles. The quantitative estimate of drug-likeness (QED) is 0.274. The summed E-state index contributed by atoms with van der Waals surface area (Å²) in [5.74, 6) is -0.623. The van der Waals surface area contributed by atoms with Gasteiger partial charge in [-0.05, 0) is 26.6 Å². The molecule has 0 radical (unpaired) electrons. The minimum absolute atomic E-state index is 0.0446. The number of pyridine rings is 2. The number of allylic oxidation sites excluding steroid dienone is 1. The van der Waals surface area contributed by atoms with Crippen LogP contribution >= 0.6 is 0 Å². The monoisotopic (exact) mass is 560 g/mol. The van der Waals surface area contributed by atoms with E-state index in [9.17, 15) is 12.8 Å². The number of amidine groups is 1. The summed E-state index contributed by atoms with van der Waals surface area (Å²) in [7, 11) is 0.151. The van der Waals surface area contributed by atoms with E-state index in [4.69, 9.17) is 14.2 Å². The molecular formula is C24H29FN8O5S. The molecule has 1 N–H and O–H groups in total. The van der Waals surface area contributed by atoms with Crippen molar-refractivity contribution in [2.75, 3.05) is 26.1 Å². The number of ether oxygens (including phenoxy) is 3. The molecule has 0 saturated carbocycles. The summed E-state index contributed by atoms with van der Waals surface area (Å²) in [6, 6.07) is 6.57. The van der Waals surface area contributed by atoms with Gasteiger partial charge in [0.2, 0.25) is 27.7 Å². The molecule has 3 aromatic rings. The van der Waals surface area contributed by atoms with Crippen molar-refractivity contribution in [2.24, 2.45) is 15.9 Å². The first kappa shape index (κ1) is 29.2. The first-order chi connectivity index (χ1) is 18.6. The predicted octanol–water partition coefficient (Wildman–Crippen LogP) is 3.45. The van der Waals surface area contributed by atoms with Crippen molar-refractivity contribution < 1.29 is 27.0 Å². The number of nitrogens with zero attached hydrogens (tertiary/aromatic N) is 7. The van der Waals surface area contributed by atoms with Crippen molar-refractivity contribution in [1.82, 2.24) is 24.7 Å². The Balaban J connectivity index is 2.18. The normalized spacial score (nSPS) is 13.9. The third kappa shape index (κ3) is 6.37. The number of nitrogens with one attached hydrogen (secondary N) is 1. The van der Waals surface area contributed by atoms with Crippen LogP contribution in [0.3, 0.4) is 0 Å². The number of rotatable bonds is 11. The standard InChI is InChI=1S/C24H29FN8O5S/c1-14(25)13-28-21(26-4)15(2)16(3)39(34,35)32-24-31-30-22(17-9-8-10-19(29-17)37-6)33(24)20-18(36-5)11-12-27-23(20)38-7/h8-13,15-16H,4H2,1-3,5-7H3,(H,31,32)/b14-13+,28-21-/t15-,16-/m0/s1. The van der Waals surface area contributed by atoms with Gasteiger partial charge in [0.1, 0.15) is 23.1 Å². The second kappa shape index (κ2) is 12.4. The van der Waals surface area contributed by atoms with Crippen molar-refractivity contribution in [2.45, 2.75) is 26.0 Å². The average Bonchev–Trinajstić information content (AvgIpc) is 3.34. The summed E-state index contributed by atoms with van der Waals surface area (Å²) < 4.78 is 60.3. The van der Waals surface area contributed by atoms with Crippen molar-refractivity contribution in [3.05, 3.63) is 42.5 Å². The van der Waals surface area contributed by atoms with Crippen molar-refractivity contribution >= 4 is 28.5 Å². The van der Waals surface area contributed by atoms with Crippen molar-refractivity contribution in [3.63, 3.8) is 0 Å². The second-order valence-corrected chi connectivity index (χ2v) is 10.2. The molecule has 0 spiro atoms. The highest BCUT2D eigenvalue weighted by atomic mass is 32.2. The number of aliphatic imine (C=N–C) groups is 2. The number of hydrogen-bond donors (Lipinski definition) is 1. The van der Waals surface area contributed by atoms with Crippen LogP contribution in [0.1, 0.15) is 20.8 Å². The predicted molar refractivity (Wildman–Crippen MR) is 145 cm³/mol. The summed E-state index contributed by atoms with van der Waals surface area (Å²) in [6.07, 6.45) is 2.41. The lowest BCUT2D eigenvalue weighted by molar-refractivity contribution is 0.379. The molecule has 0 bridgehead atoms. The van der Waals surface area contributed by atoms with Gasteiger partial charge < -0.3 is 14.2 Å². The molecular weight excluding hydrogens is 531 g/mol. The van der Waals surface area contributed by atoms with E-state index in [1.807, 2.05) is 0 Å². The highest BCUT2D eigenvalue weighted by molar-refractivity contribution is 7.93. The molecule has 15 heteroatoms. The molecule has 0 saturated heterocycles. The molecule has 208 valence electrons. The Morgan fingerprint density at radius 1 is 1.15 bits per heavy atom. The number of aromatic nitrogens is 5. The number of methoxy groups -OCH3 is 3. The van der Waals surface area contributed by atoms with E-state index in [1.165, 1.54) is 45.9 Å². The molecule has 13 nitrogen and oxygen atoms in total. The fourth-order valence-electron chi connectivity index (χ4n) is 3.48. The van der Waals surface area contributed by atoms with Gasteiger partial charge in [-0.1, -0.05) is 13.0 Å². The Morgan fingerprint density at radius 2 is 1.90 bits per heavy atom. The van der Waals surface area contributed by atoms with Crippen LogP contribution in [0.5, 0.6) is 17.5 Å². The molecule has 0 amide bonds. The number of halogens is 1. The Bertz CT molecular complexity index is 1480. The van der Waals surface area contributed by atoms with E-state index >= 15 is 0 Å². The molecule has 3 rings (SSSR count). The fourth-order valence-corrected chi connectivity index (χ4v) is 4.71. The Hall–Kier alpha value is -4.40. The molecule has 0 aliphatic carbocycles. The lowest BCUT2D eigenvalue weighted by Crippen LogP contribution is -2.35. The summed E-state index contributed by atoms with van der Waals surface area (Å²) in [6.45, 7) is 7.67. The van der Waals surface area contributed by atoms with Crippen LogP contribution in [0.2, 0.25) is 0 Å². The SMILES string of the molecule is C=N/C(=N\C=C(/C)F)[C@@H](C)[C@H](C)S(=O)(=O)Nc1nnc(-c2cccc(OC)n2)n1-c1c(OC)ccnc1OC. The molecule has 3 heterocycles. The molecule has 2 atom stereocenters. The lowest BCUT2D eigenvalue weighted by Gasteiger charge is -2.21. The molecule has 39 heavy (non-hydrogen) atoms. The van der Waals surface area contributed by atoms with Gasteiger partial charge in [0.05, 0.1) is 32.8 Å². The second-order valence-electron chi connectivity index (χ2n) is 8.12. The van der Waals surface area contributed by atoms with Crippen LogP contribution < -0.4 is 18.9 Å². The van der Waals surface area contributed by atoms with E-state index in [0.29, 0.717) is 17.3 Å². The van der Waals surface area contributed by atoms with Crippen LogP contribution in [0.15, 0.2) is 52.5 Å². The van der Waals surface area contributed by atoms with Crippen LogP contribution in [0.4, 0.5) is 10.3 Å². The van der Waals surface area contributed by atoms with E-state index < -0.39 is 27.0 Å². The molecule has 0 aliphatic heterocycles. The highest BCUT2D eigenvalue weighted by Gasteiger charge is 2.33. The molecule has 0 aromatic carbocycles. The maximum atomic E-state index is 13.5. The summed E-state index contributed by atoms with van der Waals surface area (Å²) in [5.41, 5.74) is 0.546. The van der Waals surface area contributed by atoms with Gasteiger partial charge in [0.25, 0.3) is 0 Å². The van der Waals surface area contributed by atoms with E-state index in [1.54, 1.807) is 31.2 Å². The number of sulfonamides is 1. The van der Waals surface area contributed by atoms with Crippen LogP contribution in [0.25, 0.3) is 17.2 Å². The maximum absolute atomic E-state index is 13.5. The number of hydrogen-bond acceptors (Lipinski definition) is 10.